The lowest BCUT2D eigenvalue weighted by Crippen LogP contribution is -2.04. The van der Waals surface area contributed by atoms with Gasteiger partial charge in [-0.2, -0.15) is 10.5 Å². The standard InChI is InChI=1S/C26H20N6O4S2/c27-11-20-22(15-3-7-19(8-4-15)36-10-9-33)21(12-28)24(32-23(20)29)37-13-18-14-38-26(31-18)30-17-5-1-16(2-6-17)25(34)35/h1-8,14,33H,9-10,13H2,(H2,29,32)(H,30,31)(H,34,35). The van der Waals surface area contributed by atoms with Crippen molar-refractivity contribution in [2.45, 2.75) is 10.8 Å². The van der Waals surface area contributed by atoms with E-state index in [9.17, 15) is 15.3 Å². The van der Waals surface area contributed by atoms with E-state index < -0.39 is 5.97 Å². The van der Waals surface area contributed by atoms with Gasteiger partial charge in [-0.1, -0.05) is 23.9 Å². The Bertz CT molecular complexity index is 1540. The first-order valence-electron chi connectivity index (χ1n) is 11.1. The third-order valence-electron chi connectivity index (χ3n) is 5.21. The summed E-state index contributed by atoms with van der Waals surface area (Å²) in [6, 6.07) is 17.4. The van der Waals surface area contributed by atoms with Gasteiger partial charge in [0.25, 0.3) is 0 Å². The maximum atomic E-state index is 11.0. The number of thioether (sulfide) groups is 1. The smallest absolute Gasteiger partial charge is 0.335 e. The molecule has 0 saturated carbocycles. The van der Waals surface area contributed by atoms with Gasteiger partial charge in [0.15, 0.2) is 5.13 Å². The average Bonchev–Trinajstić information content (AvgIpc) is 3.38. The number of ether oxygens (including phenoxy) is 1. The van der Waals surface area contributed by atoms with Crippen molar-refractivity contribution >= 4 is 45.7 Å². The Hall–Kier alpha value is -4.62. The molecule has 5 N–H and O–H groups in total. The van der Waals surface area contributed by atoms with Crippen molar-refractivity contribution in [1.29, 1.82) is 10.5 Å². The fraction of sp³-hybridized carbons (Fsp3) is 0.115. The van der Waals surface area contributed by atoms with E-state index in [2.05, 4.69) is 27.4 Å². The number of aromatic carboxylic acids is 1. The quantitative estimate of drug-likeness (QED) is 0.204. The monoisotopic (exact) mass is 544 g/mol. The lowest BCUT2D eigenvalue weighted by atomic mass is 9.97. The number of carbonyl (C=O) groups is 1. The average molecular weight is 545 g/mol. The highest BCUT2D eigenvalue weighted by atomic mass is 32.2. The van der Waals surface area contributed by atoms with Crippen LogP contribution in [-0.4, -0.2) is 39.4 Å². The van der Waals surface area contributed by atoms with Crippen LogP contribution in [0.4, 0.5) is 16.6 Å². The summed E-state index contributed by atoms with van der Waals surface area (Å²) in [6.45, 7) is 0.0386. The van der Waals surface area contributed by atoms with Crippen molar-refractivity contribution in [2.75, 3.05) is 24.3 Å². The predicted octanol–water partition coefficient (Wildman–Crippen LogP) is 4.64. The maximum absolute atomic E-state index is 11.0. The second-order valence-electron chi connectivity index (χ2n) is 7.69. The number of aliphatic hydroxyl groups excluding tert-OH is 1. The van der Waals surface area contributed by atoms with Crippen LogP contribution in [0, 0.1) is 22.7 Å². The van der Waals surface area contributed by atoms with Gasteiger partial charge in [0, 0.05) is 22.4 Å². The number of nitrogens with two attached hydrogens (primary N) is 1. The zero-order valence-electron chi connectivity index (χ0n) is 19.7. The number of aliphatic hydroxyl groups is 1. The molecule has 0 fully saturated rings. The van der Waals surface area contributed by atoms with Crippen molar-refractivity contribution in [1.82, 2.24) is 9.97 Å². The number of nitrogen functional groups attached to an aromatic ring is 1. The van der Waals surface area contributed by atoms with Crippen LogP contribution in [0.15, 0.2) is 58.9 Å². The van der Waals surface area contributed by atoms with Gasteiger partial charge in [-0.05, 0) is 42.0 Å². The highest BCUT2D eigenvalue weighted by Gasteiger charge is 2.21. The van der Waals surface area contributed by atoms with E-state index >= 15 is 0 Å². The number of hydrogen-bond acceptors (Lipinski definition) is 11. The van der Waals surface area contributed by atoms with Gasteiger partial charge in [0.2, 0.25) is 0 Å². The van der Waals surface area contributed by atoms with E-state index in [0.29, 0.717) is 38.5 Å². The Balaban J connectivity index is 1.54. The van der Waals surface area contributed by atoms with E-state index in [1.54, 1.807) is 36.4 Å². The number of carboxylic acid groups (broad SMARTS) is 1. The molecule has 2 aromatic heterocycles. The first kappa shape index (κ1) is 26.4. The molecule has 38 heavy (non-hydrogen) atoms. The molecule has 0 amide bonds. The van der Waals surface area contributed by atoms with E-state index in [-0.39, 0.29) is 35.7 Å². The molecule has 0 unspecified atom stereocenters. The van der Waals surface area contributed by atoms with Gasteiger partial charge < -0.3 is 26.0 Å². The molecule has 0 saturated heterocycles. The van der Waals surface area contributed by atoms with Crippen LogP contribution in [0.2, 0.25) is 0 Å². The highest BCUT2D eigenvalue weighted by Crippen LogP contribution is 2.37. The molecule has 0 aliphatic rings. The molecule has 4 rings (SSSR count). The molecule has 0 aliphatic heterocycles. The Kier molecular flexibility index (Phi) is 8.40. The van der Waals surface area contributed by atoms with E-state index in [4.69, 9.17) is 20.7 Å². The summed E-state index contributed by atoms with van der Waals surface area (Å²) in [4.78, 5) is 19.9. The SMILES string of the molecule is N#Cc1c(N)nc(SCc2csc(Nc3ccc(C(=O)O)cc3)n2)c(C#N)c1-c1ccc(OCCO)cc1. The molecule has 0 radical (unpaired) electrons. The van der Waals surface area contributed by atoms with Crippen LogP contribution in [-0.2, 0) is 5.75 Å². The number of pyridine rings is 1. The summed E-state index contributed by atoms with van der Waals surface area (Å²) in [5, 5.41) is 43.7. The number of carboxylic acids is 1. The van der Waals surface area contributed by atoms with Gasteiger partial charge in [0.05, 0.1) is 23.4 Å². The number of nitrogens with zero attached hydrogens (tertiary/aromatic N) is 4. The van der Waals surface area contributed by atoms with Crippen LogP contribution >= 0.6 is 23.1 Å². The highest BCUT2D eigenvalue weighted by molar-refractivity contribution is 7.98. The Labute approximate surface area is 226 Å². The van der Waals surface area contributed by atoms with E-state index in [1.165, 1.54) is 35.2 Å². The Morgan fingerprint density at radius 3 is 2.42 bits per heavy atom. The molecule has 0 spiro atoms. The zero-order chi connectivity index (χ0) is 27.1. The Morgan fingerprint density at radius 2 is 1.79 bits per heavy atom. The summed E-state index contributed by atoms with van der Waals surface area (Å²) in [5.41, 5.74) is 9.10. The molecule has 0 aliphatic carbocycles. The van der Waals surface area contributed by atoms with Gasteiger partial charge in [0.1, 0.15) is 40.9 Å². The lowest BCUT2D eigenvalue weighted by molar-refractivity contribution is 0.0697. The number of thiazole rings is 1. The molecule has 0 atom stereocenters. The van der Waals surface area contributed by atoms with Gasteiger partial charge in [-0.3, -0.25) is 0 Å². The largest absolute Gasteiger partial charge is 0.491 e. The van der Waals surface area contributed by atoms with Crippen molar-refractivity contribution in [2.24, 2.45) is 0 Å². The summed E-state index contributed by atoms with van der Waals surface area (Å²) in [5.74, 6) is -0.0281. The lowest BCUT2D eigenvalue weighted by Gasteiger charge is -2.13. The van der Waals surface area contributed by atoms with Crippen LogP contribution in [0.3, 0.4) is 0 Å². The molecule has 190 valence electrons. The molecule has 4 aromatic rings. The van der Waals surface area contributed by atoms with E-state index in [0.717, 1.165) is 5.69 Å². The van der Waals surface area contributed by atoms with Crippen LogP contribution in [0.1, 0.15) is 27.2 Å². The molecular weight excluding hydrogens is 524 g/mol. The van der Waals surface area contributed by atoms with Crippen molar-refractivity contribution in [3.63, 3.8) is 0 Å². The van der Waals surface area contributed by atoms with Gasteiger partial charge in [-0.25, -0.2) is 14.8 Å². The minimum Gasteiger partial charge on any atom is -0.491 e. The number of nitriles is 2. The number of nitrogens with one attached hydrogen (secondary N) is 1. The number of anilines is 3. The number of benzene rings is 2. The third-order valence-corrected chi connectivity index (χ3v) is 7.03. The minimum absolute atomic E-state index is 0.0232. The van der Waals surface area contributed by atoms with Gasteiger partial charge >= 0.3 is 5.97 Å². The van der Waals surface area contributed by atoms with Gasteiger partial charge in [-0.15, -0.1) is 11.3 Å². The first-order valence-corrected chi connectivity index (χ1v) is 12.9. The zero-order valence-corrected chi connectivity index (χ0v) is 21.3. The molecule has 2 aromatic carbocycles. The van der Waals surface area contributed by atoms with Crippen LogP contribution in [0.25, 0.3) is 11.1 Å². The number of rotatable bonds is 10. The topological polar surface area (TPSA) is 178 Å². The Morgan fingerprint density at radius 1 is 1.08 bits per heavy atom. The summed E-state index contributed by atoms with van der Waals surface area (Å²) in [6.07, 6.45) is 0. The normalized spacial score (nSPS) is 10.4. The minimum atomic E-state index is -0.994. The van der Waals surface area contributed by atoms with Crippen molar-refractivity contribution in [3.8, 4) is 29.0 Å². The predicted molar refractivity (Wildman–Crippen MR) is 144 cm³/mol. The fourth-order valence-corrected chi connectivity index (χ4v) is 5.19. The number of aromatic nitrogens is 2. The number of hydrogen-bond donors (Lipinski definition) is 4. The molecule has 12 heteroatoms. The third kappa shape index (κ3) is 6.02. The summed E-state index contributed by atoms with van der Waals surface area (Å²) >= 11 is 2.67. The molecule has 0 bridgehead atoms. The molecule has 2 heterocycles. The van der Waals surface area contributed by atoms with Crippen molar-refractivity contribution in [3.05, 3.63) is 76.3 Å². The van der Waals surface area contributed by atoms with E-state index in [1.807, 2.05) is 5.38 Å². The summed E-state index contributed by atoms with van der Waals surface area (Å²) < 4.78 is 5.39. The second-order valence-corrected chi connectivity index (χ2v) is 9.51. The molecular formula is C26H20N6O4S2. The molecule has 10 nitrogen and oxygen atoms in total. The fourth-order valence-electron chi connectivity index (χ4n) is 3.47. The summed E-state index contributed by atoms with van der Waals surface area (Å²) in [7, 11) is 0. The van der Waals surface area contributed by atoms with Crippen LogP contribution in [0.5, 0.6) is 5.75 Å². The van der Waals surface area contributed by atoms with Crippen LogP contribution < -0.4 is 15.8 Å². The maximum Gasteiger partial charge on any atom is 0.335 e. The van der Waals surface area contributed by atoms with Crippen molar-refractivity contribution < 1.29 is 19.7 Å². The first-order chi connectivity index (χ1) is 18.4. The second kappa shape index (κ2) is 12.1.